The average Bonchev–Trinajstić information content (AvgIpc) is 2.86. The number of hydrogen-bond donors (Lipinski definition) is 3. The minimum absolute atomic E-state index is 0.0831. The number of aromatic hydroxyl groups is 1. The maximum Gasteiger partial charge on any atom is 0.295 e. The number of benzene rings is 1. The Morgan fingerprint density at radius 2 is 2.21 bits per heavy atom. The normalized spacial score (nSPS) is 16.1. The van der Waals surface area contributed by atoms with E-state index in [4.69, 9.17) is 0 Å². The predicted molar refractivity (Wildman–Crippen MR) is 73.4 cm³/mol. The second-order valence-electron chi connectivity index (χ2n) is 4.99. The lowest BCUT2D eigenvalue weighted by Crippen LogP contribution is -3.11. The van der Waals surface area contributed by atoms with E-state index in [1.165, 1.54) is 24.0 Å². The number of amides is 1. The molecule has 2 rings (SSSR count). The molecule has 0 bridgehead atoms. The van der Waals surface area contributed by atoms with Crippen LogP contribution in [0.1, 0.15) is 24.0 Å². The molecule has 5 nitrogen and oxygen atoms in total. The highest BCUT2D eigenvalue weighted by Gasteiger charge is 2.18. The largest absolute Gasteiger partial charge is 0.507 e. The summed E-state index contributed by atoms with van der Waals surface area (Å²) < 4.78 is 0. The Hall–Kier alpha value is -1.88. The summed E-state index contributed by atoms with van der Waals surface area (Å²) in [5, 5.41) is 13.5. The van der Waals surface area contributed by atoms with Crippen LogP contribution in [0.4, 0.5) is 0 Å². The molecule has 0 spiro atoms. The number of phenolic OH excluding ortho intramolecular Hbond substituents is 1. The Kier molecular flexibility index (Phi) is 4.52. The molecule has 1 aliphatic rings. The lowest BCUT2D eigenvalue weighted by atomic mass is 10.1. The van der Waals surface area contributed by atoms with Crippen molar-refractivity contribution in [2.24, 2.45) is 5.10 Å². The fourth-order valence-electron chi connectivity index (χ4n) is 2.27. The molecule has 19 heavy (non-hydrogen) atoms. The molecule has 1 aromatic rings. The van der Waals surface area contributed by atoms with E-state index in [1.807, 2.05) is 19.1 Å². The maximum atomic E-state index is 11.6. The summed E-state index contributed by atoms with van der Waals surface area (Å²) in [6, 6.07) is 5.26. The first-order chi connectivity index (χ1) is 9.15. The number of aryl methyl sites for hydroxylation is 1. The topological polar surface area (TPSA) is 66.1 Å². The molecule has 0 unspecified atom stereocenters. The number of hydrogen-bond acceptors (Lipinski definition) is 3. The van der Waals surface area contributed by atoms with Crippen molar-refractivity contribution in [1.29, 1.82) is 0 Å². The van der Waals surface area contributed by atoms with Gasteiger partial charge in [0.25, 0.3) is 5.91 Å². The smallest absolute Gasteiger partial charge is 0.295 e. The number of nitrogens with zero attached hydrogens (tertiary/aromatic N) is 1. The van der Waals surface area contributed by atoms with Crippen LogP contribution in [0.15, 0.2) is 23.3 Å². The van der Waals surface area contributed by atoms with E-state index in [1.54, 1.807) is 6.07 Å². The number of nitrogens with one attached hydrogen (secondary N) is 2. The number of quaternary nitrogens is 1. The van der Waals surface area contributed by atoms with Gasteiger partial charge in [-0.05, 0) is 19.1 Å². The molecule has 5 heteroatoms. The van der Waals surface area contributed by atoms with Gasteiger partial charge in [0, 0.05) is 18.4 Å². The first kappa shape index (κ1) is 13.5. The lowest BCUT2D eigenvalue weighted by Gasteiger charge is -2.09. The first-order valence-corrected chi connectivity index (χ1v) is 6.60. The van der Waals surface area contributed by atoms with Crippen LogP contribution in [0.25, 0.3) is 0 Å². The molecule has 0 radical (unpaired) electrons. The molecule has 1 amide bonds. The van der Waals surface area contributed by atoms with Gasteiger partial charge in [-0.1, -0.05) is 11.6 Å². The summed E-state index contributed by atoms with van der Waals surface area (Å²) in [7, 11) is 0. The summed E-state index contributed by atoms with van der Waals surface area (Å²) in [6.45, 7) is 4.54. The van der Waals surface area contributed by atoms with Gasteiger partial charge in [0.2, 0.25) is 0 Å². The highest BCUT2D eigenvalue weighted by atomic mass is 16.3. The Labute approximate surface area is 112 Å². The van der Waals surface area contributed by atoms with Gasteiger partial charge >= 0.3 is 0 Å². The monoisotopic (exact) mass is 262 g/mol. The standard InChI is InChI=1S/C14H19N3O2/c1-11-4-5-13(18)12(8-11)9-15-16-14(19)10-17-6-2-3-7-17/h4-5,8-9,18H,2-3,6-7,10H2,1H3,(H,16,19)/p+1. The minimum atomic E-state index is -0.0831. The molecule has 3 N–H and O–H groups in total. The second-order valence-corrected chi connectivity index (χ2v) is 4.99. The molecule has 1 aromatic carbocycles. The third-order valence-electron chi connectivity index (χ3n) is 3.30. The quantitative estimate of drug-likeness (QED) is 0.521. The number of hydrazone groups is 1. The van der Waals surface area contributed by atoms with Crippen molar-refractivity contribution in [2.75, 3.05) is 19.6 Å². The van der Waals surface area contributed by atoms with Gasteiger partial charge in [-0.25, -0.2) is 5.43 Å². The molecule has 0 saturated carbocycles. The average molecular weight is 262 g/mol. The maximum absolute atomic E-state index is 11.6. The molecule has 1 saturated heterocycles. The predicted octanol–water partition coefficient (Wildman–Crippen LogP) is -0.171. The van der Waals surface area contributed by atoms with Gasteiger partial charge in [0.05, 0.1) is 19.3 Å². The molecule has 1 heterocycles. The number of likely N-dealkylation sites (tertiary alicyclic amines) is 1. The third-order valence-corrected chi connectivity index (χ3v) is 3.30. The zero-order chi connectivity index (χ0) is 13.7. The van der Waals surface area contributed by atoms with Gasteiger partial charge in [0.15, 0.2) is 6.54 Å². The van der Waals surface area contributed by atoms with Gasteiger partial charge in [-0.15, -0.1) is 0 Å². The van der Waals surface area contributed by atoms with E-state index in [0.29, 0.717) is 12.1 Å². The van der Waals surface area contributed by atoms with Crippen LogP contribution >= 0.6 is 0 Å². The van der Waals surface area contributed by atoms with Crippen LogP contribution in [-0.2, 0) is 4.79 Å². The lowest BCUT2D eigenvalue weighted by molar-refractivity contribution is -0.879. The van der Waals surface area contributed by atoms with Crippen molar-refractivity contribution >= 4 is 12.1 Å². The molecule has 0 aliphatic carbocycles. The summed E-state index contributed by atoms with van der Waals surface area (Å²) in [4.78, 5) is 12.9. The molecule has 0 aromatic heterocycles. The molecule has 1 aliphatic heterocycles. The second kappa shape index (κ2) is 6.33. The molecular weight excluding hydrogens is 242 g/mol. The summed E-state index contributed by atoms with van der Waals surface area (Å²) in [6.07, 6.45) is 3.87. The zero-order valence-corrected chi connectivity index (χ0v) is 11.1. The van der Waals surface area contributed by atoms with E-state index < -0.39 is 0 Å². The van der Waals surface area contributed by atoms with E-state index in [0.717, 1.165) is 18.7 Å². The SMILES string of the molecule is Cc1ccc(O)c(C=NNC(=O)C[NH+]2CCCC2)c1. The Bertz CT molecular complexity index is 480. The number of carbonyl (C=O) groups excluding carboxylic acids is 1. The zero-order valence-electron chi connectivity index (χ0n) is 11.1. The van der Waals surface area contributed by atoms with Crippen molar-refractivity contribution in [2.45, 2.75) is 19.8 Å². The van der Waals surface area contributed by atoms with Gasteiger partial charge in [-0.3, -0.25) is 4.79 Å². The molecule has 1 fully saturated rings. The van der Waals surface area contributed by atoms with Crippen LogP contribution in [0.5, 0.6) is 5.75 Å². The summed E-state index contributed by atoms with van der Waals surface area (Å²) >= 11 is 0. The number of rotatable bonds is 4. The van der Waals surface area contributed by atoms with Crippen LogP contribution in [0, 0.1) is 6.92 Å². The summed E-state index contributed by atoms with van der Waals surface area (Å²) in [5.41, 5.74) is 4.14. The fraction of sp³-hybridized carbons (Fsp3) is 0.429. The first-order valence-electron chi connectivity index (χ1n) is 6.60. The molecule has 102 valence electrons. The van der Waals surface area contributed by atoms with Crippen molar-refractivity contribution in [1.82, 2.24) is 5.43 Å². The van der Waals surface area contributed by atoms with Crippen LogP contribution < -0.4 is 10.3 Å². The van der Waals surface area contributed by atoms with Crippen LogP contribution in [0.3, 0.4) is 0 Å². The van der Waals surface area contributed by atoms with Crippen molar-refractivity contribution in [3.05, 3.63) is 29.3 Å². The van der Waals surface area contributed by atoms with Crippen molar-refractivity contribution in [3.63, 3.8) is 0 Å². The van der Waals surface area contributed by atoms with E-state index in [9.17, 15) is 9.90 Å². The number of carbonyl (C=O) groups is 1. The van der Waals surface area contributed by atoms with E-state index >= 15 is 0 Å². The fourth-order valence-corrected chi connectivity index (χ4v) is 2.27. The highest BCUT2D eigenvalue weighted by molar-refractivity contribution is 5.85. The Morgan fingerprint density at radius 3 is 2.95 bits per heavy atom. The number of phenols is 1. The highest BCUT2D eigenvalue weighted by Crippen LogP contribution is 2.15. The van der Waals surface area contributed by atoms with E-state index in [-0.39, 0.29) is 11.7 Å². The van der Waals surface area contributed by atoms with Gasteiger partial charge in [0.1, 0.15) is 5.75 Å². The minimum Gasteiger partial charge on any atom is -0.507 e. The van der Waals surface area contributed by atoms with Gasteiger partial charge < -0.3 is 10.0 Å². The third kappa shape index (κ3) is 4.06. The molecule has 0 atom stereocenters. The molecular formula is C14H20N3O2+. The van der Waals surface area contributed by atoms with Gasteiger partial charge in [-0.2, -0.15) is 5.10 Å². The van der Waals surface area contributed by atoms with E-state index in [2.05, 4.69) is 10.5 Å². The van der Waals surface area contributed by atoms with Crippen molar-refractivity contribution in [3.8, 4) is 5.75 Å². The Morgan fingerprint density at radius 1 is 1.47 bits per heavy atom. The summed E-state index contributed by atoms with van der Waals surface area (Å²) in [5.74, 6) is 0.0778. The van der Waals surface area contributed by atoms with Crippen LogP contribution in [0.2, 0.25) is 0 Å². The van der Waals surface area contributed by atoms with Crippen molar-refractivity contribution < 1.29 is 14.8 Å². The van der Waals surface area contributed by atoms with Crippen LogP contribution in [-0.4, -0.2) is 36.9 Å². The Balaban J connectivity index is 1.85.